The summed E-state index contributed by atoms with van der Waals surface area (Å²) in [6.07, 6.45) is 0.182. The van der Waals surface area contributed by atoms with Crippen molar-refractivity contribution >= 4 is 0 Å². The molecule has 2 unspecified atom stereocenters. The molecular weight excluding hydrogens is 165 g/mol. The largest absolute Gasteiger partial charge is 0.314 e. The van der Waals surface area contributed by atoms with Crippen molar-refractivity contribution in [3.05, 3.63) is 35.9 Å². The SMILES string of the molecule is FC1CNCCC1c1ccccc1. The minimum absolute atomic E-state index is 0.0995. The van der Waals surface area contributed by atoms with E-state index in [9.17, 15) is 4.39 Å². The molecule has 70 valence electrons. The molecule has 1 N–H and O–H groups in total. The Balaban J connectivity index is 2.15. The number of hydrogen-bond acceptors (Lipinski definition) is 1. The number of benzene rings is 1. The highest BCUT2D eigenvalue weighted by Crippen LogP contribution is 2.27. The smallest absolute Gasteiger partial charge is 0.119 e. The van der Waals surface area contributed by atoms with Gasteiger partial charge >= 0.3 is 0 Å². The molecular formula is C11H14FN. The van der Waals surface area contributed by atoms with Crippen molar-refractivity contribution in [2.75, 3.05) is 13.1 Å². The van der Waals surface area contributed by atoms with Crippen molar-refractivity contribution in [3.63, 3.8) is 0 Å². The third-order valence-corrected chi connectivity index (χ3v) is 2.64. The van der Waals surface area contributed by atoms with Gasteiger partial charge in [0, 0.05) is 12.5 Å². The highest BCUT2D eigenvalue weighted by atomic mass is 19.1. The van der Waals surface area contributed by atoms with Gasteiger partial charge < -0.3 is 5.32 Å². The van der Waals surface area contributed by atoms with Crippen molar-refractivity contribution in [1.29, 1.82) is 0 Å². The van der Waals surface area contributed by atoms with Gasteiger partial charge in [0.1, 0.15) is 6.17 Å². The average Bonchev–Trinajstić information content (AvgIpc) is 2.20. The molecule has 0 aromatic heterocycles. The molecule has 0 aliphatic carbocycles. The molecule has 0 spiro atoms. The van der Waals surface area contributed by atoms with Crippen LogP contribution in [-0.4, -0.2) is 19.3 Å². The first kappa shape index (κ1) is 8.70. The van der Waals surface area contributed by atoms with Gasteiger partial charge in [0.25, 0.3) is 0 Å². The fourth-order valence-corrected chi connectivity index (χ4v) is 1.90. The van der Waals surface area contributed by atoms with Gasteiger partial charge in [-0.1, -0.05) is 30.3 Å². The summed E-state index contributed by atoms with van der Waals surface area (Å²) < 4.78 is 13.5. The minimum atomic E-state index is -0.726. The second kappa shape index (κ2) is 3.88. The Morgan fingerprint density at radius 3 is 2.69 bits per heavy atom. The molecule has 1 saturated heterocycles. The molecule has 0 radical (unpaired) electrons. The molecule has 1 nitrogen and oxygen atoms in total. The van der Waals surface area contributed by atoms with E-state index < -0.39 is 6.17 Å². The molecule has 2 atom stereocenters. The van der Waals surface area contributed by atoms with Crippen molar-refractivity contribution in [2.24, 2.45) is 0 Å². The molecule has 1 aliphatic rings. The Morgan fingerprint density at radius 2 is 2.00 bits per heavy atom. The van der Waals surface area contributed by atoms with Crippen LogP contribution >= 0.6 is 0 Å². The number of alkyl halides is 1. The number of piperidine rings is 1. The van der Waals surface area contributed by atoms with Gasteiger partial charge in [0.05, 0.1) is 0 Å². The summed E-state index contributed by atoms with van der Waals surface area (Å²) in [5, 5.41) is 3.06. The normalized spacial score (nSPS) is 28.7. The molecule has 1 heterocycles. The average molecular weight is 179 g/mol. The summed E-state index contributed by atoms with van der Waals surface area (Å²) in [4.78, 5) is 0. The van der Waals surface area contributed by atoms with Gasteiger partial charge in [-0.25, -0.2) is 4.39 Å². The number of nitrogens with one attached hydrogen (secondary N) is 1. The van der Waals surface area contributed by atoms with Crippen molar-refractivity contribution in [2.45, 2.75) is 18.5 Å². The molecule has 13 heavy (non-hydrogen) atoms. The van der Waals surface area contributed by atoms with E-state index in [0.717, 1.165) is 18.5 Å². The Kier molecular flexibility index (Phi) is 2.60. The van der Waals surface area contributed by atoms with E-state index in [1.54, 1.807) is 0 Å². The molecule has 1 aromatic rings. The van der Waals surface area contributed by atoms with Gasteiger partial charge in [0.15, 0.2) is 0 Å². The predicted molar refractivity (Wildman–Crippen MR) is 51.6 cm³/mol. The van der Waals surface area contributed by atoms with Crippen molar-refractivity contribution in [1.82, 2.24) is 5.32 Å². The Hall–Kier alpha value is -0.890. The van der Waals surface area contributed by atoms with Crippen LogP contribution in [0.1, 0.15) is 17.9 Å². The van der Waals surface area contributed by atoms with Crippen LogP contribution in [0.15, 0.2) is 30.3 Å². The lowest BCUT2D eigenvalue weighted by atomic mass is 9.89. The van der Waals surface area contributed by atoms with Crippen LogP contribution in [0.3, 0.4) is 0 Å². The van der Waals surface area contributed by atoms with Gasteiger partial charge in [-0.2, -0.15) is 0 Å². The molecule has 0 amide bonds. The summed E-state index contributed by atoms with van der Waals surface area (Å²) in [5.74, 6) is 0.0995. The summed E-state index contributed by atoms with van der Waals surface area (Å²) in [6, 6.07) is 9.96. The van der Waals surface area contributed by atoms with Crippen LogP contribution in [0.2, 0.25) is 0 Å². The van der Waals surface area contributed by atoms with Crippen molar-refractivity contribution in [3.8, 4) is 0 Å². The highest BCUT2D eigenvalue weighted by Gasteiger charge is 2.25. The first-order valence-corrected chi connectivity index (χ1v) is 4.77. The third kappa shape index (κ3) is 1.89. The van der Waals surface area contributed by atoms with E-state index in [4.69, 9.17) is 0 Å². The zero-order chi connectivity index (χ0) is 9.10. The lowest BCUT2D eigenvalue weighted by molar-refractivity contribution is 0.231. The molecule has 1 fully saturated rings. The van der Waals surface area contributed by atoms with E-state index >= 15 is 0 Å². The lowest BCUT2D eigenvalue weighted by Crippen LogP contribution is -2.36. The second-order valence-corrected chi connectivity index (χ2v) is 3.53. The van der Waals surface area contributed by atoms with Crippen LogP contribution < -0.4 is 5.32 Å². The second-order valence-electron chi connectivity index (χ2n) is 3.53. The fourth-order valence-electron chi connectivity index (χ4n) is 1.90. The van der Waals surface area contributed by atoms with Crippen molar-refractivity contribution < 1.29 is 4.39 Å². The molecule has 0 bridgehead atoms. The highest BCUT2D eigenvalue weighted by molar-refractivity contribution is 5.21. The zero-order valence-corrected chi connectivity index (χ0v) is 7.54. The predicted octanol–water partition coefficient (Wildman–Crippen LogP) is 2.10. The summed E-state index contributed by atoms with van der Waals surface area (Å²) in [7, 11) is 0. The van der Waals surface area contributed by atoms with Gasteiger partial charge in [-0.3, -0.25) is 0 Å². The van der Waals surface area contributed by atoms with Crippen LogP contribution in [0.25, 0.3) is 0 Å². The topological polar surface area (TPSA) is 12.0 Å². The van der Waals surface area contributed by atoms with E-state index in [1.807, 2.05) is 30.3 Å². The van der Waals surface area contributed by atoms with E-state index in [1.165, 1.54) is 0 Å². The molecule has 1 aromatic carbocycles. The fraction of sp³-hybridized carbons (Fsp3) is 0.455. The minimum Gasteiger partial charge on any atom is -0.314 e. The van der Waals surface area contributed by atoms with Crippen LogP contribution in [0, 0.1) is 0 Å². The Bertz CT molecular complexity index is 260. The monoisotopic (exact) mass is 179 g/mol. The third-order valence-electron chi connectivity index (χ3n) is 2.64. The van der Waals surface area contributed by atoms with E-state index in [-0.39, 0.29) is 5.92 Å². The lowest BCUT2D eigenvalue weighted by Gasteiger charge is -2.26. The molecule has 2 heteroatoms. The first-order chi connectivity index (χ1) is 6.38. The van der Waals surface area contributed by atoms with E-state index in [0.29, 0.717) is 6.54 Å². The maximum atomic E-state index is 13.5. The quantitative estimate of drug-likeness (QED) is 0.696. The van der Waals surface area contributed by atoms with Gasteiger partial charge in [-0.05, 0) is 18.5 Å². The standard InChI is InChI=1S/C11H14FN/c12-11-8-13-7-6-10(11)9-4-2-1-3-5-9/h1-5,10-11,13H,6-8H2. The number of halogens is 1. The maximum absolute atomic E-state index is 13.5. The summed E-state index contributed by atoms with van der Waals surface area (Å²) in [5.41, 5.74) is 1.14. The van der Waals surface area contributed by atoms with Gasteiger partial charge in [-0.15, -0.1) is 0 Å². The maximum Gasteiger partial charge on any atom is 0.119 e. The first-order valence-electron chi connectivity index (χ1n) is 4.77. The summed E-state index contributed by atoms with van der Waals surface area (Å²) >= 11 is 0. The molecule has 0 saturated carbocycles. The van der Waals surface area contributed by atoms with E-state index in [2.05, 4.69) is 5.32 Å². The Morgan fingerprint density at radius 1 is 1.23 bits per heavy atom. The number of rotatable bonds is 1. The van der Waals surface area contributed by atoms with Crippen LogP contribution in [-0.2, 0) is 0 Å². The molecule has 1 aliphatic heterocycles. The molecule has 2 rings (SSSR count). The summed E-state index contributed by atoms with van der Waals surface area (Å²) in [6.45, 7) is 1.43. The van der Waals surface area contributed by atoms with Gasteiger partial charge in [0.2, 0.25) is 0 Å². The van der Waals surface area contributed by atoms with Crippen LogP contribution in [0.5, 0.6) is 0 Å². The van der Waals surface area contributed by atoms with Crippen LogP contribution in [0.4, 0.5) is 4.39 Å². The zero-order valence-electron chi connectivity index (χ0n) is 7.54. The Labute approximate surface area is 78.0 Å². The number of hydrogen-bond donors (Lipinski definition) is 1.